The third-order valence-corrected chi connectivity index (χ3v) is 9.67. The van der Waals surface area contributed by atoms with Gasteiger partial charge in [0.05, 0.1) is 0 Å². The maximum absolute atomic E-state index is 13.4. The number of oxime groups is 1. The van der Waals surface area contributed by atoms with Gasteiger partial charge in [0, 0.05) is 16.0 Å². The van der Waals surface area contributed by atoms with Gasteiger partial charge in [0.25, 0.3) is 11.8 Å². The molecule has 0 saturated carbocycles. The Labute approximate surface area is 269 Å². The second-order valence-corrected chi connectivity index (χ2v) is 12.2. The number of aliphatic carboxylic acids is 1. The molecule has 0 bridgehead atoms. The average Bonchev–Trinajstić information content (AvgIpc) is 3.52. The molecule has 232 valence electrons. The lowest BCUT2D eigenvalue weighted by Crippen LogP contribution is -2.71. The highest BCUT2D eigenvalue weighted by Crippen LogP contribution is 2.42. The number of thioether (sulfide) groups is 2. The van der Waals surface area contributed by atoms with E-state index >= 15 is 0 Å². The van der Waals surface area contributed by atoms with Crippen LogP contribution in [-0.4, -0.2) is 80.9 Å². The van der Waals surface area contributed by atoms with Crippen LogP contribution >= 0.6 is 34.9 Å². The molecule has 2 aliphatic heterocycles. The largest absolute Gasteiger partial charge is 0.477 e. The molecule has 5 rings (SSSR count). The van der Waals surface area contributed by atoms with Crippen LogP contribution in [0.3, 0.4) is 0 Å². The first-order valence-corrected chi connectivity index (χ1v) is 16.4. The maximum atomic E-state index is 13.4. The summed E-state index contributed by atoms with van der Waals surface area (Å²) in [5.74, 6) is -3.09. The molecule has 2 aromatic carbocycles. The van der Waals surface area contributed by atoms with Crippen LogP contribution in [0, 0.1) is 0 Å². The number of carbonyl (C=O) groups is 5. The number of ether oxygens (including phenoxy) is 1. The van der Waals surface area contributed by atoms with Crippen LogP contribution in [-0.2, 0) is 33.5 Å². The zero-order valence-corrected chi connectivity index (χ0v) is 25.9. The van der Waals surface area contributed by atoms with Crippen molar-refractivity contribution >= 4 is 75.9 Å². The third kappa shape index (κ3) is 7.02. The van der Waals surface area contributed by atoms with Gasteiger partial charge in [0.1, 0.15) is 22.8 Å². The molecule has 0 aliphatic carbocycles. The average molecular weight is 668 g/mol. The molecule has 3 aromatic rings. The fourth-order valence-corrected chi connectivity index (χ4v) is 7.46. The van der Waals surface area contributed by atoms with E-state index in [1.54, 1.807) is 6.26 Å². The quantitative estimate of drug-likeness (QED) is 0.0803. The molecule has 45 heavy (non-hydrogen) atoms. The lowest BCUT2D eigenvalue weighted by Gasteiger charge is -2.49. The van der Waals surface area contributed by atoms with Gasteiger partial charge in [-0.2, -0.15) is 0 Å². The SMILES string of the molecule is CSC1=C(C(=O)O)N2C(=O)C(NC(=O)C(=NOCC(=O)OC(c3ccccc3)c3ccccc3)c3csc(NC=O)n3)[C@@H]2SC1. The van der Waals surface area contributed by atoms with Crippen LogP contribution in [0.5, 0.6) is 0 Å². The molecule has 3 heterocycles. The van der Waals surface area contributed by atoms with E-state index in [9.17, 15) is 29.1 Å². The Hall–Kier alpha value is -4.67. The summed E-state index contributed by atoms with van der Waals surface area (Å²) in [5.41, 5.74) is 1.02. The molecular weight excluding hydrogens is 643 g/mol. The molecule has 1 aromatic heterocycles. The van der Waals surface area contributed by atoms with Crippen molar-refractivity contribution in [1.29, 1.82) is 0 Å². The number of nitrogens with one attached hydrogen (secondary N) is 2. The topological polar surface area (TPSA) is 177 Å². The van der Waals surface area contributed by atoms with Crippen LogP contribution in [0.4, 0.5) is 5.13 Å². The smallest absolute Gasteiger partial charge is 0.353 e. The predicted octanol–water partition coefficient (Wildman–Crippen LogP) is 2.82. The Bertz CT molecular complexity index is 1620. The lowest BCUT2D eigenvalue weighted by atomic mass is 10.0. The van der Waals surface area contributed by atoms with E-state index in [1.807, 2.05) is 60.7 Å². The predicted molar refractivity (Wildman–Crippen MR) is 168 cm³/mol. The molecule has 2 atom stereocenters. The number of nitrogens with zero attached hydrogens (tertiary/aromatic N) is 3. The number of esters is 1. The van der Waals surface area contributed by atoms with Gasteiger partial charge >= 0.3 is 11.9 Å². The zero-order chi connectivity index (χ0) is 31.9. The van der Waals surface area contributed by atoms with Gasteiger partial charge in [-0.1, -0.05) is 65.8 Å². The summed E-state index contributed by atoms with van der Waals surface area (Å²) in [6.07, 6.45) is 1.43. The summed E-state index contributed by atoms with van der Waals surface area (Å²) in [4.78, 5) is 73.1. The number of carboxylic acids is 1. The second kappa shape index (κ2) is 14.4. The molecule has 0 radical (unpaired) electrons. The van der Waals surface area contributed by atoms with E-state index in [-0.39, 0.29) is 22.2 Å². The highest BCUT2D eigenvalue weighted by Gasteiger charge is 2.54. The number of fused-ring (bicyclic) bond motifs is 1. The summed E-state index contributed by atoms with van der Waals surface area (Å²) in [6, 6.07) is 17.2. The molecule has 2 aliphatic rings. The van der Waals surface area contributed by atoms with Crippen molar-refractivity contribution in [1.82, 2.24) is 15.2 Å². The summed E-state index contributed by atoms with van der Waals surface area (Å²) in [5, 5.41) is 19.5. The first-order chi connectivity index (χ1) is 21.8. The second-order valence-electron chi connectivity index (χ2n) is 9.35. The number of rotatable bonds is 13. The Morgan fingerprint density at radius 3 is 2.42 bits per heavy atom. The Balaban J connectivity index is 1.31. The van der Waals surface area contributed by atoms with E-state index in [0.29, 0.717) is 17.1 Å². The standard InChI is InChI=1S/C29H25N5O8S3/c1-43-19-14-44-27-22(26(38)34(27)23(19)28(39)40)32-25(37)21(18-13-45-29(31-18)30-15-35)33-41-12-20(36)42-24(16-8-4-2-5-9-16)17-10-6-3-7-11-17/h2-11,13,15,22,24,27H,12,14H2,1H3,(H,32,37)(H,39,40)(H,30,31,35)/t22?,27-/m0/s1. The number of β-lactam (4-membered cyclic amide) rings is 1. The number of amides is 3. The molecule has 3 amide bonds. The number of hydrogen-bond acceptors (Lipinski definition) is 12. The van der Waals surface area contributed by atoms with Gasteiger partial charge < -0.3 is 25.3 Å². The van der Waals surface area contributed by atoms with Gasteiger partial charge in [-0.25, -0.2) is 14.6 Å². The molecule has 13 nitrogen and oxygen atoms in total. The van der Waals surface area contributed by atoms with Crippen molar-refractivity contribution in [2.24, 2.45) is 5.16 Å². The number of thiazole rings is 1. The van der Waals surface area contributed by atoms with Gasteiger partial charge in [0.15, 0.2) is 16.9 Å². The first kappa shape index (κ1) is 31.7. The number of anilines is 1. The molecule has 3 N–H and O–H groups in total. The van der Waals surface area contributed by atoms with Gasteiger partial charge in [-0.15, -0.1) is 34.9 Å². The molecule has 1 saturated heterocycles. The van der Waals surface area contributed by atoms with Crippen molar-refractivity contribution in [3.63, 3.8) is 0 Å². The van der Waals surface area contributed by atoms with Crippen molar-refractivity contribution in [2.45, 2.75) is 17.5 Å². The highest BCUT2D eigenvalue weighted by molar-refractivity contribution is 8.05. The normalized spacial score (nSPS) is 17.7. The van der Waals surface area contributed by atoms with Gasteiger partial charge in [-0.3, -0.25) is 19.3 Å². The summed E-state index contributed by atoms with van der Waals surface area (Å²) < 4.78 is 5.72. The molecule has 16 heteroatoms. The fraction of sp³-hybridized carbons (Fsp3) is 0.207. The fourth-order valence-electron chi connectivity index (χ4n) is 4.56. The third-order valence-electron chi connectivity index (χ3n) is 6.61. The monoisotopic (exact) mass is 667 g/mol. The minimum atomic E-state index is -1.23. The number of benzene rings is 2. The highest BCUT2D eigenvalue weighted by atomic mass is 32.2. The van der Waals surface area contributed by atoms with Crippen molar-refractivity contribution in [3.8, 4) is 0 Å². The number of hydrogen-bond donors (Lipinski definition) is 3. The molecular formula is C29H25N5O8S3. The van der Waals surface area contributed by atoms with Gasteiger partial charge in [0.2, 0.25) is 13.0 Å². The minimum absolute atomic E-state index is 0.0115. The summed E-state index contributed by atoms with van der Waals surface area (Å²) in [6.45, 7) is -0.657. The van der Waals surface area contributed by atoms with Crippen molar-refractivity contribution in [2.75, 3.05) is 23.9 Å². The summed E-state index contributed by atoms with van der Waals surface area (Å²) >= 11 is 3.57. The van der Waals surface area contributed by atoms with E-state index in [0.717, 1.165) is 27.4 Å². The van der Waals surface area contributed by atoms with Gasteiger partial charge in [-0.05, 0) is 17.4 Å². The van der Waals surface area contributed by atoms with Crippen LogP contribution in [0.1, 0.15) is 22.9 Å². The molecule has 1 fully saturated rings. The van der Waals surface area contributed by atoms with Crippen molar-refractivity contribution in [3.05, 3.63) is 93.5 Å². The zero-order valence-electron chi connectivity index (χ0n) is 23.4. The van der Waals surface area contributed by atoms with Crippen molar-refractivity contribution < 1.29 is 38.7 Å². The number of carbonyl (C=O) groups excluding carboxylic acids is 4. The summed E-state index contributed by atoms with van der Waals surface area (Å²) in [7, 11) is 0. The Morgan fingerprint density at radius 2 is 1.82 bits per heavy atom. The van der Waals surface area contributed by atoms with E-state index in [4.69, 9.17) is 9.57 Å². The van der Waals surface area contributed by atoms with Crippen LogP contribution in [0.25, 0.3) is 0 Å². The first-order valence-electron chi connectivity index (χ1n) is 13.2. The number of aromatic nitrogens is 1. The van der Waals surface area contributed by atoms with E-state index < -0.39 is 47.9 Å². The lowest BCUT2D eigenvalue weighted by molar-refractivity contribution is -0.153. The number of carboxylic acid groups (broad SMARTS) is 1. The molecule has 0 spiro atoms. The minimum Gasteiger partial charge on any atom is -0.477 e. The maximum Gasteiger partial charge on any atom is 0.353 e. The molecule has 1 unspecified atom stereocenters. The van der Waals surface area contributed by atoms with Crippen LogP contribution in [0.15, 0.2) is 81.8 Å². The van der Waals surface area contributed by atoms with Crippen LogP contribution in [0.2, 0.25) is 0 Å². The van der Waals surface area contributed by atoms with Crippen LogP contribution < -0.4 is 10.6 Å². The Morgan fingerprint density at radius 1 is 1.16 bits per heavy atom. The van der Waals surface area contributed by atoms with E-state index in [1.165, 1.54) is 28.9 Å². The van der Waals surface area contributed by atoms with E-state index in [2.05, 4.69) is 20.8 Å². The Kier molecular flexibility index (Phi) is 10.2.